The van der Waals surface area contributed by atoms with Crippen molar-refractivity contribution in [3.8, 4) is 0 Å². The van der Waals surface area contributed by atoms with E-state index in [-0.39, 0.29) is 11.1 Å². The maximum Gasteiger partial charge on any atom is 0.196 e. The average Bonchev–Trinajstić information content (AvgIpc) is 2.44. The van der Waals surface area contributed by atoms with Gasteiger partial charge in [0.25, 0.3) is 0 Å². The SMILES string of the molecule is O=C(c1cc2ccccc2cc1C(=O)C(Cl)Cl)C(Cl)Cl. The van der Waals surface area contributed by atoms with E-state index in [9.17, 15) is 9.59 Å². The Balaban J connectivity index is 2.71. The Morgan fingerprint density at radius 2 is 1.10 bits per heavy atom. The summed E-state index contributed by atoms with van der Waals surface area (Å²) < 4.78 is 0. The summed E-state index contributed by atoms with van der Waals surface area (Å²) in [5, 5.41) is 1.59. The first-order valence-electron chi connectivity index (χ1n) is 5.59. The Labute approximate surface area is 135 Å². The van der Waals surface area contributed by atoms with Crippen LogP contribution in [0.25, 0.3) is 10.8 Å². The first-order chi connectivity index (χ1) is 9.41. The van der Waals surface area contributed by atoms with Gasteiger partial charge in [-0.25, -0.2) is 0 Å². The van der Waals surface area contributed by atoms with Crippen molar-refractivity contribution in [2.75, 3.05) is 0 Å². The van der Waals surface area contributed by atoms with Crippen LogP contribution < -0.4 is 0 Å². The number of rotatable bonds is 4. The van der Waals surface area contributed by atoms with Crippen LogP contribution in [0.15, 0.2) is 36.4 Å². The van der Waals surface area contributed by atoms with Gasteiger partial charge >= 0.3 is 0 Å². The summed E-state index contributed by atoms with van der Waals surface area (Å²) in [6, 6.07) is 10.4. The zero-order valence-electron chi connectivity index (χ0n) is 9.95. The lowest BCUT2D eigenvalue weighted by Crippen LogP contribution is -2.17. The molecule has 0 fully saturated rings. The Bertz CT molecular complexity index is 621. The number of fused-ring (bicyclic) bond motifs is 1. The van der Waals surface area contributed by atoms with Gasteiger partial charge in [-0.3, -0.25) is 9.59 Å². The summed E-state index contributed by atoms with van der Waals surface area (Å²) in [4.78, 5) is 21.6. The highest BCUT2D eigenvalue weighted by Gasteiger charge is 2.25. The summed E-state index contributed by atoms with van der Waals surface area (Å²) >= 11 is 22.4. The lowest BCUT2D eigenvalue weighted by Gasteiger charge is -2.11. The van der Waals surface area contributed by atoms with Gasteiger partial charge in [0.05, 0.1) is 0 Å². The van der Waals surface area contributed by atoms with Crippen molar-refractivity contribution >= 4 is 68.7 Å². The van der Waals surface area contributed by atoms with Crippen molar-refractivity contribution < 1.29 is 9.59 Å². The first-order valence-corrected chi connectivity index (χ1v) is 7.34. The average molecular weight is 350 g/mol. The molecule has 6 heteroatoms. The highest BCUT2D eigenvalue weighted by atomic mass is 35.5. The van der Waals surface area contributed by atoms with E-state index in [0.717, 1.165) is 10.8 Å². The molecule has 0 N–H and O–H groups in total. The number of carbonyl (C=O) groups is 2. The van der Waals surface area contributed by atoms with Crippen LogP contribution in [-0.2, 0) is 0 Å². The Hall–Kier alpha value is -0.800. The van der Waals surface area contributed by atoms with E-state index < -0.39 is 21.2 Å². The van der Waals surface area contributed by atoms with Gasteiger partial charge < -0.3 is 0 Å². The zero-order valence-corrected chi connectivity index (χ0v) is 13.0. The Kier molecular flexibility index (Phi) is 4.92. The molecule has 0 radical (unpaired) electrons. The van der Waals surface area contributed by atoms with Gasteiger partial charge in [0.2, 0.25) is 0 Å². The van der Waals surface area contributed by atoms with Crippen LogP contribution >= 0.6 is 46.4 Å². The summed E-state index contributed by atoms with van der Waals surface area (Å²) in [6.45, 7) is 0. The van der Waals surface area contributed by atoms with Crippen LogP contribution in [0.3, 0.4) is 0 Å². The predicted molar refractivity (Wildman–Crippen MR) is 83.6 cm³/mol. The molecule has 2 rings (SSSR count). The molecule has 0 spiro atoms. The zero-order chi connectivity index (χ0) is 14.9. The van der Waals surface area contributed by atoms with E-state index >= 15 is 0 Å². The third-order valence-electron chi connectivity index (χ3n) is 2.81. The molecule has 0 saturated heterocycles. The lowest BCUT2D eigenvalue weighted by atomic mass is 9.96. The minimum Gasteiger partial charge on any atom is -0.291 e. The molecule has 2 aromatic rings. The van der Waals surface area contributed by atoms with Gasteiger partial charge in [-0.05, 0) is 22.9 Å². The highest BCUT2D eigenvalue weighted by Crippen LogP contribution is 2.26. The fourth-order valence-corrected chi connectivity index (χ4v) is 2.35. The van der Waals surface area contributed by atoms with Crippen LogP contribution in [0.1, 0.15) is 20.7 Å². The molecule has 0 atom stereocenters. The fourth-order valence-electron chi connectivity index (χ4n) is 1.88. The highest BCUT2D eigenvalue weighted by molar-refractivity contribution is 6.57. The van der Waals surface area contributed by atoms with E-state index in [0.29, 0.717) is 0 Å². The van der Waals surface area contributed by atoms with Gasteiger partial charge in [0.1, 0.15) is 0 Å². The molecule has 0 aliphatic rings. The third-order valence-corrected chi connectivity index (χ3v) is 3.61. The molecule has 104 valence electrons. The second-order valence-electron chi connectivity index (χ2n) is 4.07. The van der Waals surface area contributed by atoms with Crippen molar-refractivity contribution in [2.45, 2.75) is 9.67 Å². The molecule has 2 nitrogen and oxygen atoms in total. The van der Waals surface area contributed by atoms with E-state index in [1.807, 2.05) is 24.3 Å². The Morgan fingerprint density at radius 1 is 0.750 bits per heavy atom. The Morgan fingerprint density at radius 3 is 1.40 bits per heavy atom. The normalized spacial score (nSPS) is 11.3. The standard InChI is InChI=1S/C14H8Cl4O2/c15-13(16)11(19)9-5-7-3-1-2-4-8(7)6-10(9)12(20)14(17)18/h1-6,13-14H. The molecule has 0 amide bonds. The van der Waals surface area contributed by atoms with Crippen molar-refractivity contribution in [1.29, 1.82) is 0 Å². The lowest BCUT2D eigenvalue weighted by molar-refractivity contribution is 0.0975. The monoisotopic (exact) mass is 348 g/mol. The molecular formula is C14H8Cl4O2. The maximum atomic E-state index is 12.0. The molecule has 20 heavy (non-hydrogen) atoms. The number of benzene rings is 2. The quantitative estimate of drug-likeness (QED) is 0.586. The van der Waals surface area contributed by atoms with Crippen LogP contribution in [-0.4, -0.2) is 21.2 Å². The number of ketones is 2. The van der Waals surface area contributed by atoms with Crippen LogP contribution in [0.4, 0.5) is 0 Å². The number of Topliss-reactive ketones (excluding diaryl/α,β-unsaturated/α-hetero) is 2. The van der Waals surface area contributed by atoms with Gasteiger partial charge in [0.15, 0.2) is 21.2 Å². The summed E-state index contributed by atoms with van der Waals surface area (Å²) in [5.74, 6) is -1.12. The second-order valence-corrected chi connectivity index (χ2v) is 6.27. The van der Waals surface area contributed by atoms with Gasteiger partial charge in [-0.1, -0.05) is 70.7 Å². The molecule has 0 aliphatic heterocycles. The van der Waals surface area contributed by atoms with Crippen molar-refractivity contribution in [3.63, 3.8) is 0 Å². The van der Waals surface area contributed by atoms with Crippen LogP contribution in [0.5, 0.6) is 0 Å². The van der Waals surface area contributed by atoms with E-state index in [2.05, 4.69) is 0 Å². The number of alkyl halides is 4. The number of halogens is 4. The minimum absolute atomic E-state index is 0.120. The summed E-state index contributed by atoms with van der Waals surface area (Å²) in [7, 11) is 0. The summed E-state index contributed by atoms with van der Waals surface area (Å²) in [6.07, 6.45) is 0. The molecule has 2 aromatic carbocycles. The molecule has 0 saturated carbocycles. The van der Waals surface area contributed by atoms with Gasteiger partial charge in [-0.2, -0.15) is 0 Å². The molecule has 0 unspecified atom stereocenters. The van der Waals surface area contributed by atoms with E-state index in [4.69, 9.17) is 46.4 Å². The first kappa shape index (κ1) is 15.6. The molecule has 0 aliphatic carbocycles. The third kappa shape index (κ3) is 3.09. The van der Waals surface area contributed by atoms with Crippen molar-refractivity contribution in [2.24, 2.45) is 0 Å². The van der Waals surface area contributed by atoms with E-state index in [1.165, 1.54) is 0 Å². The van der Waals surface area contributed by atoms with E-state index in [1.54, 1.807) is 12.1 Å². The van der Waals surface area contributed by atoms with Crippen molar-refractivity contribution in [3.05, 3.63) is 47.5 Å². The van der Waals surface area contributed by atoms with Crippen molar-refractivity contribution in [1.82, 2.24) is 0 Å². The number of hydrogen-bond donors (Lipinski definition) is 0. The largest absolute Gasteiger partial charge is 0.291 e. The minimum atomic E-state index is -1.26. The molecule has 0 heterocycles. The predicted octanol–water partition coefficient (Wildman–Crippen LogP) is 4.81. The topological polar surface area (TPSA) is 34.1 Å². The van der Waals surface area contributed by atoms with Gasteiger partial charge in [-0.15, -0.1) is 0 Å². The smallest absolute Gasteiger partial charge is 0.196 e. The van der Waals surface area contributed by atoms with Crippen LogP contribution in [0, 0.1) is 0 Å². The second kappa shape index (κ2) is 6.31. The number of carbonyl (C=O) groups excluding carboxylic acids is 2. The molecule has 0 aromatic heterocycles. The van der Waals surface area contributed by atoms with Gasteiger partial charge in [0, 0.05) is 11.1 Å². The fraction of sp³-hybridized carbons (Fsp3) is 0.143. The molecular weight excluding hydrogens is 342 g/mol. The number of hydrogen-bond acceptors (Lipinski definition) is 2. The van der Waals surface area contributed by atoms with Crippen LogP contribution in [0.2, 0.25) is 0 Å². The summed E-state index contributed by atoms with van der Waals surface area (Å²) in [5.41, 5.74) is 0.241. The maximum absolute atomic E-state index is 12.0. The molecule has 0 bridgehead atoms.